The van der Waals surface area contributed by atoms with E-state index in [1.165, 1.54) is 0 Å². The van der Waals surface area contributed by atoms with E-state index >= 15 is 0 Å². The van der Waals surface area contributed by atoms with Gasteiger partial charge in [-0.3, -0.25) is 4.79 Å². The third-order valence-electron chi connectivity index (χ3n) is 3.48. The molecule has 0 saturated heterocycles. The minimum Gasteiger partial charge on any atom is -0.488 e. The Kier molecular flexibility index (Phi) is 7.76. The number of hydrogen-bond donors (Lipinski definition) is 1. The molecule has 0 fully saturated rings. The molecular weight excluding hydrogens is 338 g/mol. The van der Waals surface area contributed by atoms with Crippen molar-refractivity contribution >= 4 is 17.5 Å². The minimum atomic E-state index is -0.199. The van der Waals surface area contributed by atoms with E-state index in [1.54, 1.807) is 18.2 Å². The minimum absolute atomic E-state index is 0.196. The average molecular weight is 362 g/mol. The van der Waals surface area contributed by atoms with Crippen LogP contribution in [0.25, 0.3) is 0 Å². The second-order valence-electron chi connectivity index (χ2n) is 5.94. The average Bonchev–Trinajstić information content (AvgIpc) is 2.60. The zero-order valence-electron chi connectivity index (χ0n) is 14.6. The number of amides is 1. The molecule has 1 N–H and O–H groups in total. The molecule has 0 unspecified atom stereocenters. The van der Waals surface area contributed by atoms with E-state index in [-0.39, 0.29) is 12.0 Å². The summed E-state index contributed by atoms with van der Waals surface area (Å²) in [5.41, 5.74) is 1.47. The van der Waals surface area contributed by atoms with Crippen molar-refractivity contribution in [3.63, 3.8) is 0 Å². The van der Waals surface area contributed by atoms with Crippen molar-refractivity contribution in [3.8, 4) is 5.75 Å². The monoisotopic (exact) mass is 361 g/mol. The van der Waals surface area contributed by atoms with Crippen LogP contribution in [0.5, 0.6) is 5.75 Å². The summed E-state index contributed by atoms with van der Waals surface area (Å²) >= 11 is 6.04. The standard InChI is InChI=1S/C20H24ClNO3/c1-15(2)24-12-6-11-22-20(23)18-13-17(21)9-10-19(18)25-14-16-7-4-3-5-8-16/h3-5,7-10,13,15H,6,11-12,14H2,1-2H3,(H,22,23). The Balaban J connectivity index is 1.94. The first-order valence-corrected chi connectivity index (χ1v) is 8.80. The predicted octanol–water partition coefficient (Wildman–Crippen LogP) is 4.46. The summed E-state index contributed by atoms with van der Waals surface area (Å²) in [6.45, 7) is 5.52. The molecular formula is C20H24ClNO3. The van der Waals surface area contributed by atoms with Gasteiger partial charge in [0, 0.05) is 18.2 Å². The highest BCUT2D eigenvalue weighted by atomic mass is 35.5. The van der Waals surface area contributed by atoms with Crippen LogP contribution in [0.1, 0.15) is 36.2 Å². The smallest absolute Gasteiger partial charge is 0.255 e. The van der Waals surface area contributed by atoms with Crippen LogP contribution in [0, 0.1) is 0 Å². The zero-order chi connectivity index (χ0) is 18.1. The molecule has 0 aliphatic rings. The molecule has 1 amide bonds. The van der Waals surface area contributed by atoms with E-state index in [9.17, 15) is 4.79 Å². The molecule has 4 nitrogen and oxygen atoms in total. The lowest BCUT2D eigenvalue weighted by Crippen LogP contribution is -2.26. The first-order valence-electron chi connectivity index (χ1n) is 8.42. The van der Waals surface area contributed by atoms with E-state index < -0.39 is 0 Å². The molecule has 25 heavy (non-hydrogen) atoms. The predicted molar refractivity (Wildman–Crippen MR) is 100 cm³/mol. The van der Waals surface area contributed by atoms with Gasteiger partial charge < -0.3 is 14.8 Å². The third-order valence-corrected chi connectivity index (χ3v) is 3.72. The van der Waals surface area contributed by atoms with Crippen molar-refractivity contribution in [3.05, 3.63) is 64.7 Å². The van der Waals surface area contributed by atoms with E-state index in [1.807, 2.05) is 44.2 Å². The van der Waals surface area contributed by atoms with Gasteiger partial charge in [-0.25, -0.2) is 0 Å². The number of carbonyl (C=O) groups is 1. The van der Waals surface area contributed by atoms with Gasteiger partial charge in [-0.15, -0.1) is 0 Å². The second-order valence-corrected chi connectivity index (χ2v) is 6.38. The molecule has 0 aliphatic heterocycles. The maximum Gasteiger partial charge on any atom is 0.255 e. The lowest BCUT2D eigenvalue weighted by atomic mass is 10.2. The van der Waals surface area contributed by atoms with Crippen LogP contribution < -0.4 is 10.1 Å². The third kappa shape index (κ3) is 6.77. The molecule has 0 radical (unpaired) electrons. The maximum atomic E-state index is 12.4. The number of hydrogen-bond acceptors (Lipinski definition) is 3. The van der Waals surface area contributed by atoms with Crippen LogP contribution in [-0.4, -0.2) is 25.2 Å². The molecule has 0 spiro atoms. The normalized spacial score (nSPS) is 10.7. The van der Waals surface area contributed by atoms with Crippen LogP contribution in [-0.2, 0) is 11.3 Å². The van der Waals surface area contributed by atoms with Gasteiger partial charge in [0.05, 0.1) is 11.7 Å². The van der Waals surface area contributed by atoms with Crippen molar-refractivity contribution in [2.45, 2.75) is 33.0 Å². The SMILES string of the molecule is CC(C)OCCCNC(=O)c1cc(Cl)ccc1OCc1ccccc1. The van der Waals surface area contributed by atoms with E-state index in [0.717, 1.165) is 12.0 Å². The number of nitrogens with one attached hydrogen (secondary N) is 1. The molecule has 2 aromatic rings. The van der Waals surface area contributed by atoms with Crippen LogP contribution in [0.3, 0.4) is 0 Å². The Labute approximate surface area is 154 Å². The van der Waals surface area contributed by atoms with Crippen LogP contribution in [0.15, 0.2) is 48.5 Å². The molecule has 0 atom stereocenters. The van der Waals surface area contributed by atoms with Crippen LogP contribution in [0.2, 0.25) is 5.02 Å². The number of rotatable bonds is 9. The summed E-state index contributed by atoms with van der Waals surface area (Å²) in [4.78, 5) is 12.4. The van der Waals surface area contributed by atoms with E-state index in [4.69, 9.17) is 21.1 Å². The van der Waals surface area contributed by atoms with Gasteiger partial charge in [-0.05, 0) is 44.0 Å². The Morgan fingerprint density at radius 1 is 1.16 bits per heavy atom. The molecule has 0 aliphatic carbocycles. The quantitative estimate of drug-likeness (QED) is 0.670. The van der Waals surface area contributed by atoms with Crippen LogP contribution in [0.4, 0.5) is 0 Å². The summed E-state index contributed by atoms with van der Waals surface area (Å²) in [6.07, 6.45) is 0.951. The number of benzene rings is 2. The Morgan fingerprint density at radius 3 is 2.64 bits per heavy atom. The largest absolute Gasteiger partial charge is 0.488 e. The molecule has 134 valence electrons. The highest BCUT2D eigenvalue weighted by Gasteiger charge is 2.13. The van der Waals surface area contributed by atoms with E-state index in [2.05, 4.69) is 5.32 Å². The summed E-state index contributed by atoms with van der Waals surface area (Å²) in [5.74, 6) is 0.319. The lowest BCUT2D eigenvalue weighted by Gasteiger charge is -2.13. The molecule has 2 aromatic carbocycles. The van der Waals surface area contributed by atoms with Crippen molar-refractivity contribution in [2.24, 2.45) is 0 Å². The highest BCUT2D eigenvalue weighted by molar-refractivity contribution is 6.31. The molecule has 0 heterocycles. The Hall–Kier alpha value is -2.04. The highest BCUT2D eigenvalue weighted by Crippen LogP contribution is 2.24. The fourth-order valence-corrected chi connectivity index (χ4v) is 2.40. The molecule has 5 heteroatoms. The first kappa shape index (κ1) is 19.3. The summed E-state index contributed by atoms with van der Waals surface area (Å²) in [6, 6.07) is 14.9. The van der Waals surface area contributed by atoms with Gasteiger partial charge in [0.25, 0.3) is 5.91 Å². The Bertz CT molecular complexity index is 674. The van der Waals surface area contributed by atoms with Crippen LogP contribution >= 0.6 is 11.6 Å². The second kappa shape index (κ2) is 10.1. The summed E-state index contributed by atoms with van der Waals surface area (Å²) in [5, 5.41) is 3.38. The summed E-state index contributed by atoms with van der Waals surface area (Å²) < 4.78 is 11.3. The van der Waals surface area contributed by atoms with Crippen molar-refractivity contribution in [2.75, 3.05) is 13.2 Å². The van der Waals surface area contributed by atoms with E-state index in [0.29, 0.717) is 36.1 Å². The fraction of sp³-hybridized carbons (Fsp3) is 0.350. The topological polar surface area (TPSA) is 47.6 Å². The van der Waals surface area contributed by atoms with Crippen molar-refractivity contribution < 1.29 is 14.3 Å². The number of halogens is 1. The van der Waals surface area contributed by atoms with Gasteiger partial charge in [0.1, 0.15) is 12.4 Å². The summed E-state index contributed by atoms with van der Waals surface area (Å²) in [7, 11) is 0. The lowest BCUT2D eigenvalue weighted by molar-refractivity contribution is 0.0756. The maximum absolute atomic E-state index is 12.4. The molecule has 2 rings (SSSR count). The van der Waals surface area contributed by atoms with Gasteiger partial charge in [-0.1, -0.05) is 41.9 Å². The van der Waals surface area contributed by atoms with Gasteiger partial charge in [-0.2, -0.15) is 0 Å². The Morgan fingerprint density at radius 2 is 1.92 bits per heavy atom. The van der Waals surface area contributed by atoms with Gasteiger partial charge >= 0.3 is 0 Å². The molecule has 0 saturated carbocycles. The first-order chi connectivity index (χ1) is 12.1. The number of carbonyl (C=O) groups excluding carboxylic acids is 1. The molecule has 0 aromatic heterocycles. The van der Waals surface area contributed by atoms with Gasteiger partial charge in [0.2, 0.25) is 0 Å². The molecule has 0 bridgehead atoms. The zero-order valence-corrected chi connectivity index (χ0v) is 15.4. The van der Waals surface area contributed by atoms with Crippen molar-refractivity contribution in [1.82, 2.24) is 5.32 Å². The number of ether oxygens (including phenoxy) is 2. The van der Waals surface area contributed by atoms with Gasteiger partial charge in [0.15, 0.2) is 0 Å². The van der Waals surface area contributed by atoms with Crippen molar-refractivity contribution in [1.29, 1.82) is 0 Å². The fourth-order valence-electron chi connectivity index (χ4n) is 2.23.